The molecule has 0 spiro atoms. The minimum absolute atomic E-state index is 0.186. The minimum atomic E-state index is -0.186. The van der Waals surface area contributed by atoms with E-state index in [2.05, 4.69) is 21.1 Å². The molecular formula is C11H14N4O. The van der Waals surface area contributed by atoms with Gasteiger partial charge in [0.2, 0.25) is 5.82 Å². The number of carbonyl (C=O) groups excluding carboxylic acids is 1. The fourth-order valence-electron chi connectivity index (χ4n) is 1.52. The number of rotatable bonds is 4. The molecule has 1 aromatic heterocycles. The lowest BCUT2D eigenvalue weighted by Crippen LogP contribution is -2.34. The van der Waals surface area contributed by atoms with Gasteiger partial charge in [0, 0.05) is 6.54 Å². The van der Waals surface area contributed by atoms with Gasteiger partial charge in [0.25, 0.3) is 5.91 Å². The number of aromatic nitrogens is 3. The number of nitrogens with one attached hydrogen (secondary N) is 1. The molecule has 0 aromatic carbocycles. The van der Waals surface area contributed by atoms with Crippen LogP contribution in [0.3, 0.4) is 0 Å². The standard InChI is InChI=1S/C11H14N4O/c1-3-6-15(7-9-4-5-9)11(16)10-12-8(2)13-14-10/h1,9H,4-7H2,2H3,(H,12,13,14). The highest BCUT2D eigenvalue weighted by molar-refractivity contribution is 5.90. The highest BCUT2D eigenvalue weighted by Gasteiger charge is 2.28. The Morgan fingerprint density at radius 2 is 2.44 bits per heavy atom. The number of nitrogens with zero attached hydrogens (tertiary/aromatic N) is 3. The summed E-state index contributed by atoms with van der Waals surface area (Å²) in [6.07, 6.45) is 7.62. The molecule has 0 unspecified atom stereocenters. The van der Waals surface area contributed by atoms with Gasteiger partial charge in [-0.15, -0.1) is 11.5 Å². The third-order valence-electron chi connectivity index (χ3n) is 2.53. The van der Waals surface area contributed by atoms with Crippen LogP contribution in [0.1, 0.15) is 29.3 Å². The largest absolute Gasteiger partial charge is 0.324 e. The summed E-state index contributed by atoms with van der Waals surface area (Å²) in [6, 6.07) is 0. The van der Waals surface area contributed by atoms with Crippen molar-refractivity contribution in [1.82, 2.24) is 20.1 Å². The molecule has 1 fully saturated rings. The first-order valence-corrected chi connectivity index (χ1v) is 5.32. The summed E-state index contributed by atoms with van der Waals surface area (Å²) in [5.74, 6) is 3.76. The number of hydrogen-bond acceptors (Lipinski definition) is 3. The summed E-state index contributed by atoms with van der Waals surface area (Å²) in [4.78, 5) is 17.7. The molecule has 0 radical (unpaired) electrons. The van der Waals surface area contributed by atoms with E-state index < -0.39 is 0 Å². The first-order chi connectivity index (χ1) is 7.70. The summed E-state index contributed by atoms with van der Waals surface area (Å²) in [5.41, 5.74) is 0. The van der Waals surface area contributed by atoms with Crippen LogP contribution in [0.5, 0.6) is 0 Å². The fraction of sp³-hybridized carbons (Fsp3) is 0.545. The first kappa shape index (κ1) is 10.7. The molecule has 0 saturated heterocycles. The van der Waals surface area contributed by atoms with Gasteiger partial charge in [0.15, 0.2) is 0 Å². The van der Waals surface area contributed by atoms with E-state index in [-0.39, 0.29) is 11.7 Å². The first-order valence-electron chi connectivity index (χ1n) is 5.32. The molecule has 1 saturated carbocycles. The maximum absolute atomic E-state index is 12.0. The van der Waals surface area contributed by atoms with Gasteiger partial charge < -0.3 is 4.90 Å². The third kappa shape index (κ3) is 2.40. The van der Waals surface area contributed by atoms with E-state index >= 15 is 0 Å². The third-order valence-corrected chi connectivity index (χ3v) is 2.53. The van der Waals surface area contributed by atoms with Gasteiger partial charge >= 0.3 is 0 Å². The molecule has 1 N–H and O–H groups in total. The Labute approximate surface area is 94.2 Å². The van der Waals surface area contributed by atoms with Gasteiger partial charge in [-0.25, -0.2) is 4.98 Å². The second kappa shape index (κ2) is 4.35. The van der Waals surface area contributed by atoms with Crippen LogP contribution in [-0.2, 0) is 0 Å². The summed E-state index contributed by atoms with van der Waals surface area (Å²) in [5, 5.41) is 6.51. The Morgan fingerprint density at radius 3 is 2.94 bits per heavy atom. The molecule has 16 heavy (non-hydrogen) atoms. The smallest absolute Gasteiger partial charge is 0.294 e. The van der Waals surface area contributed by atoms with E-state index in [9.17, 15) is 4.79 Å². The predicted octanol–water partition coefficient (Wildman–Crippen LogP) is 0.599. The number of H-pyrrole nitrogens is 1. The molecule has 1 heterocycles. The molecule has 1 aliphatic carbocycles. The average Bonchev–Trinajstić information content (AvgIpc) is 2.97. The highest BCUT2D eigenvalue weighted by atomic mass is 16.2. The van der Waals surface area contributed by atoms with Crippen molar-refractivity contribution in [1.29, 1.82) is 0 Å². The Morgan fingerprint density at radius 1 is 1.69 bits per heavy atom. The predicted molar refractivity (Wildman–Crippen MR) is 58.6 cm³/mol. The number of hydrogen-bond donors (Lipinski definition) is 1. The lowest BCUT2D eigenvalue weighted by molar-refractivity contribution is 0.0758. The van der Waals surface area contributed by atoms with Crippen LogP contribution in [0, 0.1) is 25.2 Å². The van der Waals surface area contributed by atoms with Gasteiger partial charge in [-0.1, -0.05) is 5.92 Å². The van der Waals surface area contributed by atoms with Crippen LogP contribution < -0.4 is 0 Å². The molecule has 0 bridgehead atoms. The topological polar surface area (TPSA) is 61.9 Å². The van der Waals surface area contributed by atoms with Gasteiger partial charge in [0.1, 0.15) is 5.82 Å². The van der Waals surface area contributed by atoms with Crippen LogP contribution >= 0.6 is 0 Å². The van der Waals surface area contributed by atoms with Gasteiger partial charge in [0.05, 0.1) is 6.54 Å². The number of aryl methyl sites for hydroxylation is 1. The minimum Gasteiger partial charge on any atom is -0.324 e. The van der Waals surface area contributed by atoms with Crippen LogP contribution in [-0.4, -0.2) is 39.1 Å². The number of carbonyl (C=O) groups is 1. The number of amides is 1. The van der Waals surface area contributed by atoms with Crippen LogP contribution in [0.25, 0.3) is 0 Å². The normalized spacial score (nSPS) is 14.5. The maximum atomic E-state index is 12.0. The quantitative estimate of drug-likeness (QED) is 0.753. The van der Waals surface area contributed by atoms with Crippen molar-refractivity contribution in [2.45, 2.75) is 19.8 Å². The summed E-state index contributed by atoms with van der Waals surface area (Å²) in [6.45, 7) is 2.80. The van der Waals surface area contributed by atoms with Crippen molar-refractivity contribution < 1.29 is 4.79 Å². The number of aromatic amines is 1. The van der Waals surface area contributed by atoms with E-state index in [0.717, 1.165) is 6.54 Å². The Balaban J connectivity index is 2.06. The van der Waals surface area contributed by atoms with E-state index in [1.807, 2.05) is 0 Å². The summed E-state index contributed by atoms with van der Waals surface area (Å²) >= 11 is 0. The van der Waals surface area contributed by atoms with E-state index in [4.69, 9.17) is 6.42 Å². The molecule has 84 valence electrons. The van der Waals surface area contributed by atoms with Crippen molar-refractivity contribution in [3.63, 3.8) is 0 Å². The highest BCUT2D eigenvalue weighted by Crippen LogP contribution is 2.29. The second-order valence-electron chi connectivity index (χ2n) is 4.08. The van der Waals surface area contributed by atoms with Crippen molar-refractivity contribution in [3.05, 3.63) is 11.6 Å². The van der Waals surface area contributed by atoms with Crippen molar-refractivity contribution >= 4 is 5.91 Å². The molecule has 0 aliphatic heterocycles. The Bertz CT molecular complexity index is 427. The fourth-order valence-corrected chi connectivity index (χ4v) is 1.52. The molecule has 5 heteroatoms. The van der Waals surface area contributed by atoms with Gasteiger partial charge in [-0.05, 0) is 25.7 Å². The molecular weight excluding hydrogens is 204 g/mol. The molecule has 0 atom stereocenters. The number of terminal acetylenes is 1. The van der Waals surface area contributed by atoms with Crippen LogP contribution in [0.4, 0.5) is 0 Å². The van der Waals surface area contributed by atoms with Crippen molar-refractivity contribution in [2.75, 3.05) is 13.1 Å². The second-order valence-corrected chi connectivity index (χ2v) is 4.08. The van der Waals surface area contributed by atoms with Crippen LogP contribution in [0.2, 0.25) is 0 Å². The van der Waals surface area contributed by atoms with Crippen molar-refractivity contribution in [2.24, 2.45) is 5.92 Å². The molecule has 5 nitrogen and oxygen atoms in total. The monoisotopic (exact) mass is 218 g/mol. The van der Waals surface area contributed by atoms with Gasteiger partial charge in [-0.3, -0.25) is 9.89 Å². The van der Waals surface area contributed by atoms with Gasteiger partial charge in [-0.2, -0.15) is 0 Å². The average molecular weight is 218 g/mol. The zero-order valence-corrected chi connectivity index (χ0v) is 9.23. The lowest BCUT2D eigenvalue weighted by Gasteiger charge is -2.17. The molecule has 2 rings (SSSR count). The molecule has 1 amide bonds. The maximum Gasteiger partial charge on any atom is 0.294 e. The Hall–Kier alpha value is -1.83. The summed E-state index contributed by atoms with van der Waals surface area (Å²) < 4.78 is 0. The zero-order chi connectivity index (χ0) is 11.5. The van der Waals surface area contributed by atoms with E-state index in [1.165, 1.54) is 12.8 Å². The zero-order valence-electron chi connectivity index (χ0n) is 9.23. The summed E-state index contributed by atoms with van der Waals surface area (Å²) in [7, 11) is 0. The van der Waals surface area contributed by atoms with Crippen molar-refractivity contribution in [3.8, 4) is 12.3 Å². The SMILES string of the molecule is C#CCN(CC1CC1)C(=O)c1n[nH]c(C)n1. The Kier molecular flexibility index (Phi) is 2.91. The van der Waals surface area contributed by atoms with E-state index in [1.54, 1.807) is 11.8 Å². The lowest BCUT2D eigenvalue weighted by atomic mass is 10.3. The molecule has 1 aromatic rings. The van der Waals surface area contributed by atoms with Crippen LogP contribution in [0.15, 0.2) is 0 Å². The van der Waals surface area contributed by atoms with E-state index in [0.29, 0.717) is 18.3 Å². The molecule has 1 aliphatic rings.